The van der Waals surface area contributed by atoms with Crippen LogP contribution < -0.4 is 0 Å². The van der Waals surface area contributed by atoms with Gasteiger partial charge in [0.05, 0.1) is 6.20 Å². The fourth-order valence-electron chi connectivity index (χ4n) is 3.05. The zero-order chi connectivity index (χ0) is 16.2. The zero-order valence-corrected chi connectivity index (χ0v) is 13.9. The van der Waals surface area contributed by atoms with E-state index >= 15 is 0 Å². The molecule has 23 heavy (non-hydrogen) atoms. The zero-order valence-electron chi connectivity index (χ0n) is 13.9. The molecule has 118 valence electrons. The standard InChI is InChI=1S/C18H16N2O.C2H6/c1-2-9-20-17-6-4-3-5-15(17)16-10-13(7-8-18(16)20)14-11-19-21-12-14;1-2/h3-8,10-12H,2,9H2,1H3;1-2H3. The molecule has 2 aromatic heterocycles. The summed E-state index contributed by atoms with van der Waals surface area (Å²) in [5, 5.41) is 6.39. The van der Waals surface area contributed by atoms with Crippen LogP contribution >= 0.6 is 0 Å². The molecular weight excluding hydrogens is 284 g/mol. The predicted octanol–water partition coefficient (Wildman–Crippen LogP) is 5.89. The molecule has 0 spiro atoms. The van der Waals surface area contributed by atoms with Crippen molar-refractivity contribution in [2.24, 2.45) is 0 Å². The van der Waals surface area contributed by atoms with Crippen molar-refractivity contribution < 1.29 is 4.52 Å². The van der Waals surface area contributed by atoms with Gasteiger partial charge in [0.25, 0.3) is 0 Å². The Morgan fingerprint density at radius 1 is 0.957 bits per heavy atom. The van der Waals surface area contributed by atoms with Gasteiger partial charge in [-0.3, -0.25) is 0 Å². The van der Waals surface area contributed by atoms with Gasteiger partial charge in [0.15, 0.2) is 0 Å². The second-order valence-electron chi connectivity index (χ2n) is 5.31. The Bertz CT molecular complexity index is 904. The van der Waals surface area contributed by atoms with Crippen LogP contribution in [0.2, 0.25) is 0 Å². The quantitative estimate of drug-likeness (QED) is 0.473. The number of hydrogen-bond donors (Lipinski definition) is 0. The first-order chi connectivity index (χ1) is 11.4. The number of aryl methyl sites for hydroxylation is 1. The Labute approximate surface area is 136 Å². The van der Waals surface area contributed by atoms with E-state index in [-0.39, 0.29) is 0 Å². The molecule has 3 heteroatoms. The fraction of sp³-hybridized carbons (Fsp3) is 0.250. The first kappa shape index (κ1) is 15.3. The first-order valence-electron chi connectivity index (χ1n) is 8.29. The number of rotatable bonds is 3. The lowest BCUT2D eigenvalue weighted by Crippen LogP contribution is -1.95. The Morgan fingerprint density at radius 2 is 1.74 bits per heavy atom. The van der Waals surface area contributed by atoms with Crippen molar-refractivity contribution in [2.45, 2.75) is 33.7 Å². The average Bonchev–Trinajstić information content (AvgIpc) is 3.25. The molecule has 0 unspecified atom stereocenters. The van der Waals surface area contributed by atoms with Gasteiger partial charge in [-0.05, 0) is 30.2 Å². The highest BCUT2D eigenvalue weighted by Crippen LogP contribution is 2.32. The third-order valence-electron chi connectivity index (χ3n) is 3.99. The molecule has 0 radical (unpaired) electrons. The Morgan fingerprint density at radius 3 is 2.48 bits per heavy atom. The van der Waals surface area contributed by atoms with Gasteiger partial charge in [0.2, 0.25) is 0 Å². The third-order valence-corrected chi connectivity index (χ3v) is 3.99. The topological polar surface area (TPSA) is 31.0 Å². The van der Waals surface area contributed by atoms with Crippen molar-refractivity contribution in [1.29, 1.82) is 0 Å². The SMILES string of the molecule is CC.CCCn1c2ccccc2c2cc(-c3cnoc3)ccc21. The van der Waals surface area contributed by atoms with Crippen molar-refractivity contribution in [3.8, 4) is 11.1 Å². The van der Waals surface area contributed by atoms with Crippen LogP contribution in [-0.2, 0) is 6.54 Å². The second-order valence-corrected chi connectivity index (χ2v) is 5.31. The predicted molar refractivity (Wildman–Crippen MR) is 96.6 cm³/mol. The van der Waals surface area contributed by atoms with Crippen molar-refractivity contribution in [3.63, 3.8) is 0 Å². The van der Waals surface area contributed by atoms with Crippen LogP contribution in [0.4, 0.5) is 0 Å². The minimum atomic E-state index is 1.02. The molecule has 0 aliphatic carbocycles. The summed E-state index contributed by atoms with van der Waals surface area (Å²) in [6.07, 6.45) is 4.57. The normalized spacial score (nSPS) is 10.7. The van der Waals surface area contributed by atoms with Gasteiger partial charge in [0.1, 0.15) is 6.26 Å². The molecule has 0 aliphatic heterocycles. The second kappa shape index (κ2) is 6.69. The number of hydrogen-bond acceptors (Lipinski definition) is 2. The van der Waals surface area contributed by atoms with Gasteiger partial charge in [-0.25, -0.2) is 0 Å². The van der Waals surface area contributed by atoms with Crippen molar-refractivity contribution in [3.05, 3.63) is 54.9 Å². The summed E-state index contributed by atoms with van der Waals surface area (Å²) < 4.78 is 7.36. The minimum Gasteiger partial charge on any atom is -0.364 e. The number of fused-ring (bicyclic) bond motifs is 3. The number of para-hydroxylation sites is 1. The maximum absolute atomic E-state index is 4.96. The molecule has 2 heterocycles. The summed E-state index contributed by atoms with van der Waals surface area (Å²) >= 11 is 0. The third kappa shape index (κ3) is 2.63. The number of aromatic nitrogens is 2. The Balaban J connectivity index is 0.000000753. The maximum Gasteiger partial charge on any atom is 0.131 e. The highest BCUT2D eigenvalue weighted by Gasteiger charge is 2.11. The van der Waals surface area contributed by atoms with Crippen LogP contribution in [0.1, 0.15) is 27.2 Å². The lowest BCUT2D eigenvalue weighted by Gasteiger charge is -2.05. The lowest BCUT2D eigenvalue weighted by atomic mass is 10.1. The molecule has 0 bridgehead atoms. The molecule has 0 saturated heterocycles. The van der Waals surface area contributed by atoms with E-state index in [4.69, 9.17) is 4.52 Å². The van der Waals surface area contributed by atoms with Gasteiger partial charge >= 0.3 is 0 Å². The summed E-state index contributed by atoms with van der Waals surface area (Å²) in [7, 11) is 0. The van der Waals surface area contributed by atoms with Crippen LogP contribution in [0.5, 0.6) is 0 Å². The largest absolute Gasteiger partial charge is 0.364 e. The minimum absolute atomic E-state index is 1.02. The summed E-state index contributed by atoms with van der Waals surface area (Å²) in [4.78, 5) is 0. The van der Waals surface area contributed by atoms with Crippen molar-refractivity contribution in [2.75, 3.05) is 0 Å². The number of benzene rings is 2. The highest BCUT2D eigenvalue weighted by molar-refractivity contribution is 6.09. The van der Waals surface area contributed by atoms with Crippen molar-refractivity contribution in [1.82, 2.24) is 9.72 Å². The van der Waals surface area contributed by atoms with E-state index in [1.54, 1.807) is 12.5 Å². The first-order valence-corrected chi connectivity index (χ1v) is 8.29. The number of nitrogens with zero attached hydrogens (tertiary/aromatic N) is 2. The van der Waals surface area contributed by atoms with E-state index < -0.39 is 0 Å². The van der Waals surface area contributed by atoms with E-state index in [0.29, 0.717) is 0 Å². The summed E-state index contributed by atoms with van der Waals surface area (Å²) in [6.45, 7) is 7.25. The maximum atomic E-state index is 4.96. The van der Waals surface area contributed by atoms with E-state index in [0.717, 1.165) is 24.1 Å². The molecule has 0 atom stereocenters. The monoisotopic (exact) mass is 306 g/mol. The Hall–Kier alpha value is -2.55. The van der Waals surface area contributed by atoms with Gasteiger partial charge < -0.3 is 9.09 Å². The molecule has 0 fully saturated rings. The van der Waals surface area contributed by atoms with Crippen molar-refractivity contribution >= 4 is 21.8 Å². The van der Waals surface area contributed by atoms with E-state index in [1.165, 1.54) is 21.8 Å². The fourth-order valence-corrected chi connectivity index (χ4v) is 3.05. The Kier molecular flexibility index (Phi) is 4.47. The van der Waals surface area contributed by atoms with Gasteiger partial charge in [-0.15, -0.1) is 0 Å². The smallest absolute Gasteiger partial charge is 0.131 e. The van der Waals surface area contributed by atoms with Crippen LogP contribution in [-0.4, -0.2) is 9.72 Å². The van der Waals surface area contributed by atoms with E-state index in [9.17, 15) is 0 Å². The molecule has 3 nitrogen and oxygen atoms in total. The molecule has 4 rings (SSSR count). The molecule has 0 amide bonds. The average molecular weight is 306 g/mol. The molecular formula is C20H22N2O. The van der Waals surface area contributed by atoms with E-state index in [2.05, 4.69) is 59.1 Å². The molecule has 2 aromatic carbocycles. The van der Waals surface area contributed by atoms with E-state index in [1.807, 2.05) is 13.8 Å². The molecule has 0 saturated carbocycles. The molecule has 0 N–H and O–H groups in total. The van der Waals surface area contributed by atoms with Crippen LogP contribution in [0.25, 0.3) is 32.9 Å². The molecule has 4 aromatic rings. The van der Waals surface area contributed by atoms with Crippen LogP contribution in [0.15, 0.2) is 59.4 Å². The summed E-state index contributed by atoms with van der Waals surface area (Å²) in [6, 6.07) is 15.2. The van der Waals surface area contributed by atoms with Crippen LogP contribution in [0, 0.1) is 0 Å². The van der Waals surface area contributed by atoms with Gasteiger partial charge in [-0.1, -0.05) is 50.2 Å². The molecule has 0 aliphatic rings. The lowest BCUT2D eigenvalue weighted by molar-refractivity contribution is 0.420. The summed E-state index contributed by atoms with van der Waals surface area (Å²) in [5.74, 6) is 0. The van der Waals surface area contributed by atoms with Gasteiger partial charge in [0, 0.05) is 33.9 Å². The van der Waals surface area contributed by atoms with Crippen LogP contribution in [0.3, 0.4) is 0 Å². The van der Waals surface area contributed by atoms with Gasteiger partial charge in [-0.2, -0.15) is 0 Å². The summed E-state index contributed by atoms with van der Waals surface area (Å²) in [5.41, 5.74) is 4.75. The highest BCUT2D eigenvalue weighted by atomic mass is 16.5.